The van der Waals surface area contributed by atoms with Crippen molar-refractivity contribution in [2.45, 2.75) is 38.5 Å². The van der Waals surface area contributed by atoms with E-state index in [1.807, 2.05) is 30.3 Å². The van der Waals surface area contributed by atoms with E-state index in [1.165, 1.54) is 55.6 Å². The second-order valence-corrected chi connectivity index (χ2v) is 17.8. The largest absolute Gasteiger partial charge is 0.456 e. The Kier molecular flexibility index (Phi) is 7.62. The molecule has 0 radical (unpaired) electrons. The Morgan fingerprint density at radius 3 is 1.46 bits per heavy atom. The Balaban J connectivity index is 1.07. The monoisotopic (exact) mass is 782 g/mol. The fourth-order valence-corrected chi connectivity index (χ4v) is 10.3. The summed E-state index contributed by atoms with van der Waals surface area (Å²) in [6.45, 7) is 9.36. The van der Waals surface area contributed by atoms with Gasteiger partial charge in [0.05, 0.1) is 11.4 Å². The van der Waals surface area contributed by atoms with Crippen molar-refractivity contribution in [1.29, 1.82) is 0 Å². The number of nitrogens with zero attached hydrogens (tertiary/aromatic N) is 2. The van der Waals surface area contributed by atoms with E-state index in [-0.39, 0.29) is 10.8 Å². The molecule has 3 heteroatoms. The molecule has 0 amide bonds. The minimum absolute atomic E-state index is 0.0669. The van der Waals surface area contributed by atoms with Gasteiger partial charge >= 0.3 is 0 Å². The van der Waals surface area contributed by atoms with Crippen LogP contribution in [-0.4, -0.2) is 9.97 Å². The maximum Gasteiger partial charge on any atom is 0.160 e. The summed E-state index contributed by atoms with van der Waals surface area (Å²) in [5.41, 5.74) is 21.6. The third-order valence-electron chi connectivity index (χ3n) is 13.5. The SMILES string of the molecule is CC1(C)c2ccccc2-c2cc(-c3cc(-c4ccc5c(c4)-c4ccccc4C5(C)C)cc(-c4cc(-c5ccc6c(c5)oc5ccccc56)nc(-c5ccccc5)n4)c3)ccc21. The van der Waals surface area contributed by atoms with E-state index in [0.29, 0.717) is 5.82 Å². The Morgan fingerprint density at radius 2 is 0.820 bits per heavy atom. The molecule has 0 unspecified atom stereocenters. The quantitative estimate of drug-likeness (QED) is 0.175. The van der Waals surface area contributed by atoms with Crippen molar-refractivity contribution in [3.05, 3.63) is 204 Å². The second kappa shape index (κ2) is 13.1. The van der Waals surface area contributed by atoms with Crippen molar-refractivity contribution < 1.29 is 4.42 Å². The van der Waals surface area contributed by atoms with Crippen LogP contribution in [0.4, 0.5) is 0 Å². The third kappa shape index (κ3) is 5.50. The van der Waals surface area contributed by atoms with Gasteiger partial charge in [-0.1, -0.05) is 155 Å². The number of para-hydroxylation sites is 1. The van der Waals surface area contributed by atoms with Gasteiger partial charge in [-0.25, -0.2) is 9.97 Å². The van der Waals surface area contributed by atoms with Gasteiger partial charge in [0.2, 0.25) is 0 Å². The fourth-order valence-electron chi connectivity index (χ4n) is 10.3. The molecule has 12 rings (SSSR count). The number of rotatable bonds is 5. The molecule has 0 atom stereocenters. The molecule has 3 nitrogen and oxygen atoms in total. The van der Waals surface area contributed by atoms with Crippen LogP contribution in [0, 0.1) is 0 Å². The second-order valence-electron chi connectivity index (χ2n) is 17.8. The molecule has 0 bridgehead atoms. The lowest BCUT2D eigenvalue weighted by molar-refractivity contribution is 0.660. The first kappa shape index (κ1) is 35.6. The third-order valence-corrected chi connectivity index (χ3v) is 13.5. The van der Waals surface area contributed by atoms with Crippen molar-refractivity contribution in [2.24, 2.45) is 0 Å². The van der Waals surface area contributed by atoms with Gasteiger partial charge in [-0.15, -0.1) is 0 Å². The summed E-state index contributed by atoms with van der Waals surface area (Å²) in [5.74, 6) is 0.678. The smallest absolute Gasteiger partial charge is 0.160 e. The van der Waals surface area contributed by atoms with Gasteiger partial charge in [0.25, 0.3) is 0 Å². The standard InChI is InChI=1S/C58H42N2O/c1-57(2)48-19-11-8-16-42(48)46-31-36(23-26-50(46)57)39-28-40(37-24-27-51-47(32-37)43-17-9-12-20-49(43)58(51,3)4)30-41(29-39)53-34-52(59-56(60-53)35-14-6-5-7-15-35)38-22-25-45-44-18-10-13-21-54(44)61-55(45)33-38/h5-34H,1-4H3. The van der Waals surface area contributed by atoms with Crippen LogP contribution in [0.1, 0.15) is 49.9 Å². The molecule has 2 aliphatic rings. The Labute approximate surface area is 356 Å². The Bertz CT molecular complexity index is 3300. The van der Waals surface area contributed by atoms with Crippen LogP contribution in [0.15, 0.2) is 186 Å². The molecule has 2 heterocycles. The number of hydrogen-bond acceptors (Lipinski definition) is 3. The molecular weight excluding hydrogens is 741 g/mol. The average Bonchev–Trinajstić information content (AvgIpc) is 3.88. The lowest BCUT2D eigenvalue weighted by Gasteiger charge is -2.21. The molecule has 2 aromatic heterocycles. The van der Waals surface area contributed by atoms with Gasteiger partial charge in [0.1, 0.15) is 11.2 Å². The summed E-state index contributed by atoms with van der Waals surface area (Å²) in [7, 11) is 0. The molecule has 0 N–H and O–H groups in total. The highest BCUT2D eigenvalue weighted by Crippen LogP contribution is 2.51. The van der Waals surface area contributed by atoms with Crippen molar-refractivity contribution in [3.63, 3.8) is 0 Å². The van der Waals surface area contributed by atoms with Crippen LogP contribution in [0.3, 0.4) is 0 Å². The molecule has 0 saturated carbocycles. The van der Waals surface area contributed by atoms with E-state index >= 15 is 0 Å². The zero-order chi connectivity index (χ0) is 41.0. The first-order valence-corrected chi connectivity index (χ1v) is 21.2. The summed E-state index contributed by atoms with van der Waals surface area (Å²) < 4.78 is 6.36. The molecule has 10 aromatic rings. The van der Waals surface area contributed by atoms with Gasteiger partial charge in [-0.3, -0.25) is 0 Å². The van der Waals surface area contributed by atoms with E-state index in [1.54, 1.807) is 0 Å². The number of aromatic nitrogens is 2. The van der Waals surface area contributed by atoms with Crippen LogP contribution >= 0.6 is 0 Å². The molecule has 0 spiro atoms. The molecule has 0 aliphatic heterocycles. The summed E-state index contributed by atoms with van der Waals surface area (Å²) in [4.78, 5) is 10.6. The lowest BCUT2D eigenvalue weighted by atomic mass is 9.82. The first-order valence-electron chi connectivity index (χ1n) is 21.2. The van der Waals surface area contributed by atoms with Gasteiger partial charge < -0.3 is 4.42 Å². The highest BCUT2D eigenvalue weighted by molar-refractivity contribution is 6.06. The zero-order valence-electron chi connectivity index (χ0n) is 34.6. The maximum atomic E-state index is 6.36. The van der Waals surface area contributed by atoms with Crippen LogP contribution in [0.2, 0.25) is 0 Å². The summed E-state index contributed by atoms with van der Waals surface area (Å²) in [5, 5.41) is 2.20. The predicted molar refractivity (Wildman–Crippen MR) is 252 cm³/mol. The van der Waals surface area contributed by atoms with E-state index in [4.69, 9.17) is 14.4 Å². The topological polar surface area (TPSA) is 38.9 Å². The summed E-state index contributed by atoms with van der Waals surface area (Å²) >= 11 is 0. The Morgan fingerprint density at radius 1 is 0.328 bits per heavy atom. The molecular formula is C58H42N2O. The predicted octanol–water partition coefficient (Wildman–Crippen LogP) is 15.3. The van der Waals surface area contributed by atoms with Crippen molar-refractivity contribution in [2.75, 3.05) is 0 Å². The van der Waals surface area contributed by atoms with Crippen molar-refractivity contribution >= 4 is 21.9 Å². The minimum atomic E-state index is -0.0669. The average molecular weight is 783 g/mol. The van der Waals surface area contributed by atoms with E-state index in [9.17, 15) is 0 Å². The van der Waals surface area contributed by atoms with Crippen LogP contribution in [0.5, 0.6) is 0 Å². The van der Waals surface area contributed by atoms with Gasteiger partial charge in [-0.05, 0) is 121 Å². The van der Waals surface area contributed by atoms with Crippen molar-refractivity contribution in [3.8, 4) is 78.4 Å². The van der Waals surface area contributed by atoms with Crippen LogP contribution in [0.25, 0.3) is 100 Å². The maximum absolute atomic E-state index is 6.36. The van der Waals surface area contributed by atoms with Gasteiger partial charge in [-0.2, -0.15) is 0 Å². The lowest BCUT2D eigenvalue weighted by Crippen LogP contribution is -2.14. The molecule has 0 saturated heterocycles. The number of benzene rings is 8. The summed E-state index contributed by atoms with van der Waals surface area (Å²) in [6, 6.07) is 65.9. The van der Waals surface area contributed by atoms with Crippen molar-refractivity contribution in [1.82, 2.24) is 9.97 Å². The van der Waals surface area contributed by atoms with E-state index in [2.05, 4.69) is 179 Å². The van der Waals surface area contributed by atoms with Gasteiger partial charge in [0.15, 0.2) is 5.82 Å². The Hall–Kier alpha value is -7.36. The highest BCUT2D eigenvalue weighted by atomic mass is 16.3. The number of fused-ring (bicyclic) bond motifs is 9. The highest BCUT2D eigenvalue weighted by Gasteiger charge is 2.36. The molecule has 8 aromatic carbocycles. The molecule has 290 valence electrons. The molecule has 0 fully saturated rings. The van der Waals surface area contributed by atoms with E-state index < -0.39 is 0 Å². The normalized spacial score (nSPS) is 14.2. The number of hydrogen-bond donors (Lipinski definition) is 0. The fraction of sp³-hybridized carbons (Fsp3) is 0.103. The minimum Gasteiger partial charge on any atom is -0.456 e. The zero-order valence-corrected chi connectivity index (χ0v) is 34.6. The van der Waals surface area contributed by atoms with Gasteiger partial charge in [0, 0.05) is 38.3 Å². The first-order chi connectivity index (χ1) is 29.7. The van der Waals surface area contributed by atoms with E-state index in [0.717, 1.165) is 61.1 Å². The van der Waals surface area contributed by atoms with Crippen LogP contribution < -0.4 is 0 Å². The van der Waals surface area contributed by atoms with Crippen LogP contribution in [-0.2, 0) is 10.8 Å². The number of furan rings is 1. The molecule has 2 aliphatic carbocycles. The summed E-state index contributed by atoms with van der Waals surface area (Å²) in [6.07, 6.45) is 0. The molecule has 61 heavy (non-hydrogen) atoms.